The van der Waals surface area contributed by atoms with Gasteiger partial charge in [-0.3, -0.25) is 4.79 Å². The Morgan fingerprint density at radius 2 is 2.14 bits per heavy atom. The zero-order valence-corrected chi connectivity index (χ0v) is 17.0. The Bertz CT molecular complexity index is 1120. The van der Waals surface area contributed by atoms with Gasteiger partial charge in [0.15, 0.2) is 5.65 Å². The van der Waals surface area contributed by atoms with Crippen LogP contribution in [0.15, 0.2) is 36.5 Å². The van der Waals surface area contributed by atoms with Crippen molar-refractivity contribution < 1.29 is 4.79 Å². The van der Waals surface area contributed by atoms with Crippen LogP contribution in [0.4, 0.5) is 11.5 Å². The minimum atomic E-state index is -0.305. The highest BCUT2D eigenvalue weighted by Crippen LogP contribution is 2.40. The van der Waals surface area contributed by atoms with Crippen LogP contribution in [0.2, 0.25) is 0 Å². The third kappa shape index (κ3) is 4.24. The Morgan fingerprint density at radius 3 is 2.86 bits per heavy atom. The number of rotatable bonds is 6. The monoisotopic (exact) mass is 387 g/mol. The molecule has 6 nitrogen and oxygen atoms in total. The molecule has 0 atom stereocenters. The largest absolute Gasteiger partial charge is 0.366 e. The summed E-state index contributed by atoms with van der Waals surface area (Å²) < 4.78 is 1.89. The average molecular weight is 387 g/mol. The van der Waals surface area contributed by atoms with Crippen LogP contribution >= 0.6 is 0 Å². The first-order valence-electron chi connectivity index (χ1n) is 10.00. The van der Waals surface area contributed by atoms with E-state index in [0.29, 0.717) is 18.4 Å². The molecule has 2 aromatic heterocycles. The predicted molar refractivity (Wildman–Crippen MR) is 115 cm³/mol. The molecule has 0 bridgehead atoms. The van der Waals surface area contributed by atoms with Crippen LogP contribution in [-0.4, -0.2) is 20.5 Å². The molecule has 2 heterocycles. The van der Waals surface area contributed by atoms with Gasteiger partial charge in [-0.25, -0.2) is 4.98 Å². The molecule has 0 unspecified atom stereocenters. The van der Waals surface area contributed by atoms with E-state index in [-0.39, 0.29) is 5.91 Å². The summed E-state index contributed by atoms with van der Waals surface area (Å²) in [6.07, 6.45) is 4.33. The smallest absolute Gasteiger partial charge is 0.300 e. The molecule has 29 heavy (non-hydrogen) atoms. The molecular formula is C23H25N5O. The van der Waals surface area contributed by atoms with Gasteiger partial charge < -0.3 is 10.6 Å². The van der Waals surface area contributed by atoms with E-state index in [9.17, 15) is 4.79 Å². The van der Waals surface area contributed by atoms with Gasteiger partial charge in [-0.15, -0.1) is 0 Å². The van der Waals surface area contributed by atoms with Crippen molar-refractivity contribution in [1.82, 2.24) is 14.6 Å². The molecule has 148 valence electrons. The molecule has 1 amide bonds. The Labute approximate surface area is 170 Å². The molecule has 6 heteroatoms. The van der Waals surface area contributed by atoms with Gasteiger partial charge in [-0.1, -0.05) is 31.9 Å². The molecule has 0 aliphatic heterocycles. The lowest BCUT2D eigenvalue weighted by Crippen LogP contribution is -2.10. The van der Waals surface area contributed by atoms with Crippen molar-refractivity contribution in [3.05, 3.63) is 53.3 Å². The number of nitrogens with one attached hydrogen (secondary N) is 2. The number of aromatic nitrogens is 3. The lowest BCUT2D eigenvalue weighted by Gasteiger charge is -2.12. The fourth-order valence-corrected chi connectivity index (χ4v) is 3.35. The van der Waals surface area contributed by atoms with Gasteiger partial charge in [0.05, 0.1) is 6.20 Å². The molecule has 1 aromatic carbocycles. The normalized spacial score (nSPS) is 13.2. The fraction of sp³-hybridized carbons (Fsp3) is 0.348. The lowest BCUT2D eigenvalue weighted by molar-refractivity contribution is -0.111. The number of carbonyl (C=O) groups is 1. The fourth-order valence-electron chi connectivity index (χ4n) is 3.35. The van der Waals surface area contributed by atoms with E-state index in [1.54, 1.807) is 6.92 Å². The summed E-state index contributed by atoms with van der Waals surface area (Å²) in [6, 6.07) is 9.87. The van der Waals surface area contributed by atoms with Crippen LogP contribution in [0.1, 0.15) is 62.3 Å². The van der Waals surface area contributed by atoms with Crippen LogP contribution in [-0.2, 0) is 11.3 Å². The summed E-state index contributed by atoms with van der Waals surface area (Å²) in [5, 5.41) is 10.9. The number of nitrogens with zero attached hydrogens (tertiary/aromatic N) is 3. The summed E-state index contributed by atoms with van der Waals surface area (Å²) in [6.45, 7) is 6.59. The first kappa shape index (κ1) is 19.0. The van der Waals surface area contributed by atoms with Gasteiger partial charge in [0.2, 0.25) is 0 Å². The second-order valence-electron chi connectivity index (χ2n) is 7.71. The van der Waals surface area contributed by atoms with Crippen molar-refractivity contribution in [1.29, 1.82) is 0 Å². The predicted octanol–water partition coefficient (Wildman–Crippen LogP) is 4.30. The van der Waals surface area contributed by atoms with Crippen molar-refractivity contribution in [2.24, 2.45) is 0 Å². The molecule has 0 radical (unpaired) electrons. The number of anilines is 2. The second kappa shape index (κ2) is 7.96. The summed E-state index contributed by atoms with van der Waals surface area (Å²) in [5.41, 5.74) is 5.03. The second-order valence-corrected chi connectivity index (χ2v) is 7.71. The van der Waals surface area contributed by atoms with Gasteiger partial charge in [0.25, 0.3) is 5.91 Å². The molecule has 0 spiro atoms. The van der Waals surface area contributed by atoms with Gasteiger partial charge in [0.1, 0.15) is 5.82 Å². The van der Waals surface area contributed by atoms with Crippen molar-refractivity contribution in [3.63, 3.8) is 0 Å². The van der Waals surface area contributed by atoms with Crippen molar-refractivity contribution >= 4 is 23.1 Å². The minimum Gasteiger partial charge on any atom is -0.366 e. The van der Waals surface area contributed by atoms with E-state index < -0.39 is 0 Å². The van der Waals surface area contributed by atoms with Gasteiger partial charge in [-0.2, -0.15) is 9.61 Å². The molecule has 2 N–H and O–H groups in total. The molecule has 4 rings (SSSR count). The number of hydrogen-bond donors (Lipinski definition) is 2. The maximum atomic E-state index is 11.7. The number of carbonyl (C=O) groups excluding carboxylic acids is 1. The SMILES string of the molecule is CC#CC(=O)Nc1cccc(CNc2cc(C3CC3)nc3c(C(C)C)cnn23)c1. The Hall–Kier alpha value is -3.33. The van der Waals surface area contributed by atoms with Gasteiger partial charge >= 0.3 is 0 Å². The molecule has 1 fully saturated rings. The average Bonchev–Trinajstić information content (AvgIpc) is 3.45. The standard InChI is InChI=1S/C23H25N5O/c1-4-6-22(29)26-18-8-5-7-16(11-18)13-24-21-12-20(17-9-10-17)27-23-19(15(2)3)14-25-28(21)23/h5,7-8,11-12,14-15,17,24H,9-10,13H2,1-3H3,(H,26,29). The van der Waals surface area contributed by atoms with Gasteiger partial charge in [0, 0.05) is 35.5 Å². The summed E-state index contributed by atoms with van der Waals surface area (Å²) in [5.74, 6) is 6.66. The third-order valence-electron chi connectivity index (χ3n) is 5.03. The van der Waals surface area contributed by atoms with Crippen LogP contribution in [0.3, 0.4) is 0 Å². The molecule has 3 aromatic rings. The molecule has 1 aliphatic carbocycles. The summed E-state index contributed by atoms with van der Waals surface area (Å²) >= 11 is 0. The molecule has 1 aliphatic rings. The van der Waals surface area contributed by atoms with Crippen LogP contribution < -0.4 is 10.6 Å². The first-order chi connectivity index (χ1) is 14.0. The van der Waals surface area contributed by atoms with E-state index >= 15 is 0 Å². The van der Waals surface area contributed by atoms with E-state index in [1.807, 2.05) is 35.0 Å². The minimum absolute atomic E-state index is 0.305. The van der Waals surface area contributed by atoms with Gasteiger partial charge in [-0.05, 0) is 49.3 Å². The summed E-state index contributed by atoms with van der Waals surface area (Å²) in [7, 11) is 0. The van der Waals surface area contributed by atoms with Crippen LogP contribution in [0, 0.1) is 11.8 Å². The topological polar surface area (TPSA) is 71.3 Å². The Morgan fingerprint density at radius 1 is 1.31 bits per heavy atom. The highest BCUT2D eigenvalue weighted by Gasteiger charge is 2.27. The molecular weight excluding hydrogens is 362 g/mol. The maximum absolute atomic E-state index is 11.7. The number of benzene rings is 1. The highest BCUT2D eigenvalue weighted by molar-refractivity contribution is 6.03. The van der Waals surface area contributed by atoms with E-state index in [1.165, 1.54) is 12.8 Å². The number of fused-ring (bicyclic) bond motifs is 1. The van der Waals surface area contributed by atoms with E-state index in [4.69, 9.17) is 4.98 Å². The first-order valence-corrected chi connectivity index (χ1v) is 10.00. The Balaban J connectivity index is 1.58. The zero-order valence-electron chi connectivity index (χ0n) is 17.0. The quantitative estimate of drug-likeness (QED) is 0.619. The molecule has 1 saturated carbocycles. The van der Waals surface area contributed by atoms with Crippen LogP contribution in [0.5, 0.6) is 0 Å². The highest BCUT2D eigenvalue weighted by atomic mass is 16.1. The van der Waals surface area contributed by atoms with Crippen molar-refractivity contribution in [2.45, 2.75) is 52.0 Å². The van der Waals surface area contributed by atoms with E-state index in [2.05, 4.69) is 47.5 Å². The van der Waals surface area contributed by atoms with E-state index in [0.717, 1.165) is 34.0 Å². The Kier molecular flexibility index (Phi) is 5.22. The van der Waals surface area contributed by atoms with Crippen molar-refractivity contribution in [3.8, 4) is 11.8 Å². The number of hydrogen-bond acceptors (Lipinski definition) is 4. The summed E-state index contributed by atoms with van der Waals surface area (Å²) in [4.78, 5) is 16.6. The zero-order chi connectivity index (χ0) is 20.4. The molecule has 0 saturated heterocycles. The maximum Gasteiger partial charge on any atom is 0.300 e. The lowest BCUT2D eigenvalue weighted by atomic mass is 10.1. The van der Waals surface area contributed by atoms with Crippen molar-refractivity contribution in [2.75, 3.05) is 10.6 Å². The third-order valence-corrected chi connectivity index (χ3v) is 5.03. The number of amides is 1. The van der Waals surface area contributed by atoms with Crippen LogP contribution in [0.25, 0.3) is 5.65 Å².